The Kier molecular flexibility index (Phi) is 7.39. The molecule has 1 aliphatic heterocycles. The number of thioether (sulfide) groups is 2. The Morgan fingerprint density at radius 3 is 2.77 bits per heavy atom. The zero-order valence-electron chi connectivity index (χ0n) is 13.3. The first kappa shape index (κ1) is 20.2. The van der Waals surface area contributed by atoms with E-state index in [2.05, 4.69) is 5.32 Å². The van der Waals surface area contributed by atoms with Crippen molar-refractivity contribution in [2.75, 3.05) is 31.2 Å². The number of rotatable bonds is 8. The number of ether oxygens (including phenoxy) is 1. The van der Waals surface area contributed by atoms with Crippen LogP contribution in [-0.4, -0.2) is 59.1 Å². The summed E-state index contributed by atoms with van der Waals surface area (Å²) < 4.78 is 31.1. The van der Waals surface area contributed by atoms with Crippen LogP contribution < -0.4 is 5.32 Å². The molecule has 1 fully saturated rings. The highest BCUT2D eigenvalue weighted by Gasteiger charge is 2.29. The number of nitrogens with zero attached hydrogens (tertiary/aromatic N) is 1. The van der Waals surface area contributed by atoms with E-state index in [0.29, 0.717) is 0 Å². The minimum atomic E-state index is -0.768. The number of nitrogens with one attached hydrogen (secondary N) is 1. The molecule has 1 heterocycles. The minimum Gasteiger partial charge on any atom is -0.455 e. The van der Waals surface area contributed by atoms with E-state index in [-0.39, 0.29) is 40.6 Å². The topological polar surface area (TPSA) is 92.8 Å². The maximum Gasteiger partial charge on any atom is 0.316 e. The van der Waals surface area contributed by atoms with Crippen molar-refractivity contribution in [3.63, 3.8) is 0 Å². The number of esters is 1. The van der Waals surface area contributed by atoms with Gasteiger partial charge in [0.05, 0.1) is 11.5 Å². The molecule has 0 saturated carbocycles. The van der Waals surface area contributed by atoms with Gasteiger partial charge in [0.15, 0.2) is 6.61 Å². The number of halogens is 2. The second-order valence-corrected chi connectivity index (χ2v) is 6.92. The molecule has 0 atom stereocenters. The Balaban J connectivity index is 1.64. The fourth-order valence-corrected chi connectivity index (χ4v) is 3.38. The number of carbonyl (C=O) groups is 4. The molecule has 1 aromatic rings. The molecule has 0 unspecified atom stereocenters. The van der Waals surface area contributed by atoms with Crippen molar-refractivity contribution in [1.82, 2.24) is 10.2 Å². The molecule has 0 bridgehead atoms. The van der Waals surface area contributed by atoms with Crippen LogP contribution in [0.4, 0.5) is 13.6 Å². The third-order valence-electron chi connectivity index (χ3n) is 3.10. The maximum atomic E-state index is 13.4. The molecule has 1 aromatic carbocycles. The fraction of sp³-hybridized carbons (Fsp3) is 0.333. The number of hydrogen-bond acceptors (Lipinski definition) is 7. The largest absolute Gasteiger partial charge is 0.455 e. The lowest BCUT2D eigenvalue weighted by Gasteiger charge is -2.13. The number of carbonyl (C=O) groups excluding carboxylic acids is 4. The van der Waals surface area contributed by atoms with Crippen molar-refractivity contribution >= 4 is 46.5 Å². The summed E-state index contributed by atoms with van der Waals surface area (Å²) in [5.74, 6) is -3.18. The number of imide groups is 1. The number of benzene rings is 1. The van der Waals surface area contributed by atoms with Crippen molar-refractivity contribution in [3.05, 3.63) is 29.8 Å². The SMILES string of the molecule is O=C(COC(=O)CSc1cc(F)ccc1F)NCCN1C(=O)CSC1=O. The van der Waals surface area contributed by atoms with Gasteiger partial charge in [-0.2, -0.15) is 0 Å². The van der Waals surface area contributed by atoms with Gasteiger partial charge in [0.1, 0.15) is 11.6 Å². The van der Waals surface area contributed by atoms with Crippen LogP contribution in [0, 0.1) is 11.6 Å². The average Bonchev–Trinajstić information content (AvgIpc) is 2.92. The van der Waals surface area contributed by atoms with Crippen LogP contribution >= 0.6 is 23.5 Å². The predicted octanol–water partition coefficient (Wildman–Crippen LogP) is 1.41. The number of amides is 3. The van der Waals surface area contributed by atoms with E-state index >= 15 is 0 Å². The van der Waals surface area contributed by atoms with Crippen molar-refractivity contribution in [1.29, 1.82) is 0 Å². The first-order valence-corrected chi connectivity index (χ1v) is 9.31. The first-order chi connectivity index (χ1) is 12.4. The molecule has 7 nitrogen and oxygen atoms in total. The fourth-order valence-electron chi connectivity index (χ4n) is 1.87. The number of hydrogen-bond donors (Lipinski definition) is 1. The second kappa shape index (κ2) is 9.53. The Morgan fingerprint density at radius 2 is 2.08 bits per heavy atom. The van der Waals surface area contributed by atoms with Crippen LogP contribution in [0.2, 0.25) is 0 Å². The average molecular weight is 404 g/mol. The zero-order valence-corrected chi connectivity index (χ0v) is 15.0. The van der Waals surface area contributed by atoms with Gasteiger partial charge >= 0.3 is 5.97 Å². The van der Waals surface area contributed by atoms with E-state index in [1.165, 1.54) is 0 Å². The van der Waals surface area contributed by atoms with Gasteiger partial charge in [0.25, 0.3) is 11.1 Å². The summed E-state index contributed by atoms with van der Waals surface area (Å²) in [4.78, 5) is 46.8. The molecule has 2 rings (SSSR count). The highest BCUT2D eigenvalue weighted by Crippen LogP contribution is 2.22. The molecule has 0 aromatic heterocycles. The lowest BCUT2D eigenvalue weighted by molar-refractivity contribution is -0.145. The molecular weight excluding hydrogens is 390 g/mol. The van der Waals surface area contributed by atoms with Crippen molar-refractivity contribution < 1.29 is 32.7 Å². The highest BCUT2D eigenvalue weighted by atomic mass is 32.2. The third kappa shape index (κ3) is 5.99. The van der Waals surface area contributed by atoms with Gasteiger partial charge in [0, 0.05) is 18.0 Å². The molecule has 3 amide bonds. The summed E-state index contributed by atoms with van der Waals surface area (Å²) in [6.45, 7) is -0.474. The lowest BCUT2D eigenvalue weighted by Crippen LogP contribution is -2.38. The van der Waals surface area contributed by atoms with E-state index in [1.807, 2.05) is 0 Å². The summed E-state index contributed by atoms with van der Waals surface area (Å²) in [6, 6.07) is 2.87. The van der Waals surface area contributed by atoms with E-state index in [9.17, 15) is 28.0 Å². The smallest absolute Gasteiger partial charge is 0.316 e. The summed E-state index contributed by atoms with van der Waals surface area (Å²) in [7, 11) is 0. The van der Waals surface area contributed by atoms with Crippen LogP contribution in [0.25, 0.3) is 0 Å². The molecule has 0 aliphatic carbocycles. The molecule has 1 aliphatic rings. The normalized spacial score (nSPS) is 13.8. The van der Waals surface area contributed by atoms with Gasteiger partial charge in [-0.3, -0.25) is 24.1 Å². The maximum absolute atomic E-state index is 13.4. The van der Waals surface area contributed by atoms with Crippen LogP contribution in [0.15, 0.2) is 23.1 Å². The van der Waals surface area contributed by atoms with Crippen molar-refractivity contribution in [2.24, 2.45) is 0 Å². The molecule has 0 spiro atoms. The summed E-state index contributed by atoms with van der Waals surface area (Å²) in [5, 5.41) is 2.04. The van der Waals surface area contributed by atoms with E-state index in [0.717, 1.165) is 46.6 Å². The predicted molar refractivity (Wildman–Crippen MR) is 90.6 cm³/mol. The van der Waals surface area contributed by atoms with Crippen LogP contribution in [0.5, 0.6) is 0 Å². The minimum absolute atomic E-state index is 0.0378. The van der Waals surface area contributed by atoms with Crippen LogP contribution in [-0.2, 0) is 19.1 Å². The molecule has 11 heteroatoms. The van der Waals surface area contributed by atoms with E-state index < -0.39 is 30.1 Å². The zero-order chi connectivity index (χ0) is 19.1. The highest BCUT2D eigenvalue weighted by molar-refractivity contribution is 8.14. The summed E-state index contributed by atoms with van der Waals surface area (Å²) in [6.07, 6.45) is 0. The summed E-state index contributed by atoms with van der Waals surface area (Å²) >= 11 is 1.65. The van der Waals surface area contributed by atoms with Crippen molar-refractivity contribution in [3.8, 4) is 0 Å². The van der Waals surface area contributed by atoms with Gasteiger partial charge in [-0.15, -0.1) is 11.8 Å². The Hall–Kier alpha value is -2.14. The standard InChI is InChI=1S/C15H14F2N2O5S2/c16-9-1-2-10(17)11(5-9)25-8-14(22)24-6-12(20)18-3-4-19-13(21)7-26-15(19)23/h1-2,5H,3-4,6-8H2,(H,18,20). The monoisotopic (exact) mass is 404 g/mol. The Morgan fingerprint density at radius 1 is 1.31 bits per heavy atom. The van der Waals surface area contributed by atoms with Gasteiger partial charge < -0.3 is 10.1 Å². The van der Waals surface area contributed by atoms with Crippen molar-refractivity contribution in [2.45, 2.75) is 4.90 Å². The van der Waals surface area contributed by atoms with Crippen LogP contribution in [0.3, 0.4) is 0 Å². The molecule has 1 N–H and O–H groups in total. The van der Waals surface area contributed by atoms with Crippen LogP contribution in [0.1, 0.15) is 0 Å². The van der Waals surface area contributed by atoms with Gasteiger partial charge in [-0.05, 0) is 18.2 Å². The Labute approximate surface area is 155 Å². The summed E-state index contributed by atoms with van der Waals surface area (Å²) in [5.41, 5.74) is 0. The van der Waals surface area contributed by atoms with E-state index in [1.54, 1.807) is 0 Å². The van der Waals surface area contributed by atoms with Gasteiger partial charge in [-0.1, -0.05) is 11.8 Å². The molecule has 26 heavy (non-hydrogen) atoms. The van der Waals surface area contributed by atoms with Gasteiger partial charge in [-0.25, -0.2) is 8.78 Å². The molecule has 1 saturated heterocycles. The molecule has 0 radical (unpaired) electrons. The Bertz CT molecular complexity index is 716. The quantitative estimate of drug-likeness (QED) is 0.517. The second-order valence-electron chi connectivity index (χ2n) is 4.97. The first-order valence-electron chi connectivity index (χ1n) is 7.34. The lowest BCUT2D eigenvalue weighted by atomic mass is 10.3. The van der Waals surface area contributed by atoms with E-state index in [4.69, 9.17) is 4.74 Å². The molecular formula is C15H14F2N2O5S2. The van der Waals surface area contributed by atoms with Gasteiger partial charge in [0.2, 0.25) is 5.91 Å². The third-order valence-corrected chi connectivity index (χ3v) is 4.96. The molecule has 140 valence electrons.